The highest BCUT2D eigenvalue weighted by atomic mass is 32.1. The van der Waals surface area contributed by atoms with E-state index in [1.54, 1.807) is 11.3 Å². The molecule has 0 saturated carbocycles. The smallest absolute Gasteiger partial charge is 0.410 e. The second-order valence-corrected chi connectivity index (χ2v) is 8.59. The molecule has 3 saturated heterocycles. The Bertz CT molecular complexity index is 564. The summed E-state index contributed by atoms with van der Waals surface area (Å²) in [5.41, 5.74) is 0. The van der Waals surface area contributed by atoms with Gasteiger partial charge in [0.25, 0.3) is 0 Å². The maximum atomic E-state index is 12.9. The lowest BCUT2D eigenvalue weighted by Gasteiger charge is -2.51. The summed E-state index contributed by atoms with van der Waals surface area (Å²) in [7, 11) is 0. The van der Waals surface area contributed by atoms with E-state index in [0.717, 1.165) is 37.0 Å². The minimum absolute atomic E-state index is 0.0717. The molecular weight excluding hydrogens is 332 g/mol. The Balaban J connectivity index is 1.63. The molecule has 0 aromatic carbocycles. The number of quaternary nitrogens is 1. The number of rotatable bonds is 8. The molecule has 25 heavy (non-hydrogen) atoms. The summed E-state index contributed by atoms with van der Waals surface area (Å²) in [4.78, 5) is 16.0. The SMILES string of the molecule is C=CC[N+]12CCC(CC1)[C@@H](OC(=O)N(CCCC)Cc1cccs1)C2. The number of fused-ring (bicyclic) bond motifs is 3. The van der Waals surface area contributed by atoms with Gasteiger partial charge in [-0.25, -0.2) is 4.79 Å². The summed E-state index contributed by atoms with van der Waals surface area (Å²) in [6.07, 6.45) is 6.41. The number of hydrogen-bond donors (Lipinski definition) is 0. The third kappa shape index (κ3) is 4.45. The number of thiophene rings is 1. The number of carbonyl (C=O) groups excluding carboxylic acids is 1. The van der Waals surface area contributed by atoms with Gasteiger partial charge >= 0.3 is 6.09 Å². The van der Waals surface area contributed by atoms with Crippen molar-refractivity contribution in [3.63, 3.8) is 0 Å². The summed E-state index contributed by atoms with van der Waals surface area (Å²) in [6, 6.07) is 4.13. The molecule has 3 aliphatic rings. The van der Waals surface area contributed by atoms with Crippen LogP contribution >= 0.6 is 11.3 Å². The van der Waals surface area contributed by atoms with Crippen LogP contribution in [0.15, 0.2) is 30.2 Å². The minimum atomic E-state index is -0.127. The molecule has 1 amide bonds. The van der Waals surface area contributed by atoms with Gasteiger partial charge in [-0.2, -0.15) is 0 Å². The average molecular weight is 364 g/mol. The van der Waals surface area contributed by atoms with E-state index in [1.165, 1.54) is 30.8 Å². The van der Waals surface area contributed by atoms with Crippen LogP contribution in [0.1, 0.15) is 37.5 Å². The van der Waals surface area contributed by atoms with Gasteiger partial charge in [0.1, 0.15) is 6.54 Å². The predicted octanol–water partition coefficient (Wildman–Crippen LogP) is 4.28. The Morgan fingerprint density at radius 1 is 1.48 bits per heavy atom. The van der Waals surface area contributed by atoms with E-state index in [1.807, 2.05) is 17.0 Å². The number of unbranched alkanes of at least 4 members (excludes halogenated alkanes) is 1. The van der Waals surface area contributed by atoms with Crippen LogP contribution in [0.4, 0.5) is 4.79 Å². The molecule has 5 heteroatoms. The Labute approximate surface area is 155 Å². The molecule has 3 aliphatic heterocycles. The second kappa shape index (κ2) is 8.37. The highest BCUT2D eigenvalue weighted by Gasteiger charge is 2.47. The van der Waals surface area contributed by atoms with Crippen molar-refractivity contribution in [1.29, 1.82) is 0 Å². The zero-order valence-corrected chi connectivity index (χ0v) is 16.2. The maximum Gasteiger partial charge on any atom is 0.410 e. The normalized spacial score (nSPS) is 27.9. The molecule has 4 rings (SSSR count). The van der Waals surface area contributed by atoms with Crippen LogP contribution in [-0.4, -0.2) is 54.3 Å². The number of ether oxygens (including phenoxy) is 1. The lowest BCUT2D eigenvalue weighted by Crippen LogP contribution is -2.64. The first-order chi connectivity index (χ1) is 12.2. The first kappa shape index (κ1) is 18.5. The molecule has 4 heterocycles. The topological polar surface area (TPSA) is 29.5 Å². The molecule has 2 bridgehead atoms. The van der Waals surface area contributed by atoms with E-state index >= 15 is 0 Å². The third-order valence-corrected chi connectivity index (χ3v) is 6.64. The molecule has 0 N–H and O–H groups in total. The standard InChI is InChI=1S/C20H31N2O2S/c1-3-5-10-21(15-18-7-6-14-25-18)20(23)24-19-16-22(11-4-2)12-8-17(19)9-13-22/h4,6-7,14,17,19H,2-3,5,8-13,15-16H2,1H3/q+1/t17?,19-,22?/m0/s1. The summed E-state index contributed by atoms with van der Waals surface area (Å²) in [5, 5.41) is 2.06. The van der Waals surface area contributed by atoms with Crippen molar-refractivity contribution in [3.8, 4) is 0 Å². The van der Waals surface area contributed by atoms with Crippen LogP contribution in [0, 0.1) is 5.92 Å². The monoisotopic (exact) mass is 363 g/mol. The van der Waals surface area contributed by atoms with Gasteiger partial charge in [-0.3, -0.25) is 0 Å². The summed E-state index contributed by atoms with van der Waals surface area (Å²) in [6.45, 7) is 11.9. The second-order valence-electron chi connectivity index (χ2n) is 7.56. The molecular formula is C20H31N2O2S+. The van der Waals surface area contributed by atoms with Crippen LogP contribution in [0.2, 0.25) is 0 Å². The molecule has 0 radical (unpaired) electrons. The van der Waals surface area contributed by atoms with Gasteiger partial charge in [0.2, 0.25) is 0 Å². The minimum Gasteiger partial charge on any atom is -0.440 e. The number of carbonyl (C=O) groups is 1. The van der Waals surface area contributed by atoms with E-state index in [9.17, 15) is 4.79 Å². The van der Waals surface area contributed by atoms with E-state index in [2.05, 4.69) is 24.9 Å². The average Bonchev–Trinajstić information content (AvgIpc) is 3.12. The van der Waals surface area contributed by atoms with E-state index in [0.29, 0.717) is 12.5 Å². The largest absolute Gasteiger partial charge is 0.440 e. The van der Waals surface area contributed by atoms with Crippen LogP contribution in [-0.2, 0) is 11.3 Å². The molecule has 0 unspecified atom stereocenters. The van der Waals surface area contributed by atoms with Gasteiger partial charge in [0.15, 0.2) is 6.10 Å². The van der Waals surface area contributed by atoms with Gasteiger partial charge in [-0.1, -0.05) is 26.0 Å². The van der Waals surface area contributed by atoms with Crippen LogP contribution in [0.25, 0.3) is 0 Å². The summed E-state index contributed by atoms with van der Waals surface area (Å²) in [5.74, 6) is 0.545. The van der Waals surface area contributed by atoms with Crippen LogP contribution in [0.3, 0.4) is 0 Å². The van der Waals surface area contributed by atoms with Crippen molar-refractivity contribution < 1.29 is 14.0 Å². The molecule has 1 atom stereocenters. The van der Waals surface area contributed by atoms with Gasteiger partial charge in [-0.15, -0.1) is 11.3 Å². The first-order valence-electron chi connectivity index (χ1n) is 9.60. The van der Waals surface area contributed by atoms with Gasteiger partial charge in [0.05, 0.1) is 26.2 Å². The van der Waals surface area contributed by atoms with E-state index < -0.39 is 0 Å². The molecule has 0 spiro atoms. The zero-order chi connectivity index (χ0) is 17.7. The third-order valence-electron chi connectivity index (χ3n) is 5.78. The van der Waals surface area contributed by atoms with Gasteiger partial charge in [0, 0.05) is 30.2 Å². The Morgan fingerprint density at radius 2 is 2.28 bits per heavy atom. The van der Waals surface area contributed by atoms with E-state index in [4.69, 9.17) is 4.74 Å². The van der Waals surface area contributed by atoms with Crippen molar-refractivity contribution in [2.45, 2.75) is 45.3 Å². The maximum absolute atomic E-state index is 12.9. The number of hydrogen-bond acceptors (Lipinski definition) is 3. The van der Waals surface area contributed by atoms with Crippen molar-refractivity contribution in [2.24, 2.45) is 5.92 Å². The molecule has 0 aliphatic carbocycles. The van der Waals surface area contributed by atoms with Crippen molar-refractivity contribution in [3.05, 3.63) is 35.0 Å². The highest BCUT2D eigenvalue weighted by molar-refractivity contribution is 7.09. The lowest BCUT2D eigenvalue weighted by molar-refractivity contribution is -0.941. The fourth-order valence-corrected chi connectivity index (χ4v) is 4.98. The van der Waals surface area contributed by atoms with Crippen molar-refractivity contribution in [1.82, 2.24) is 4.90 Å². The van der Waals surface area contributed by atoms with Crippen LogP contribution < -0.4 is 0 Å². The quantitative estimate of drug-likeness (QED) is 0.509. The van der Waals surface area contributed by atoms with Gasteiger partial charge in [-0.05, 0) is 23.9 Å². The Kier molecular flexibility index (Phi) is 6.18. The fourth-order valence-electron chi connectivity index (χ4n) is 4.26. The molecule has 1 aromatic rings. The van der Waals surface area contributed by atoms with Gasteiger partial charge < -0.3 is 14.1 Å². The van der Waals surface area contributed by atoms with Crippen LogP contribution in [0.5, 0.6) is 0 Å². The lowest BCUT2D eigenvalue weighted by atomic mass is 9.83. The van der Waals surface area contributed by atoms with E-state index in [-0.39, 0.29) is 12.2 Å². The summed E-state index contributed by atoms with van der Waals surface area (Å²) < 4.78 is 7.10. The summed E-state index contributed by atoms with van der Waals surface area (Å²) >= 11 is 1.70. The predicted molar refractivity (Wildman–Crippen MR) is 103 cm³/mol. The Morgan fingerprint density at radius 3 is 2.92 bits per heavy atom. The van der Waals surface area contributed by atoms with Crippen molar-refractivity contribution >= 4 is 17.4 Å². The highest BCUT2D eigenvalue weighted by Crippen LogP contribution is 2.35. The fraction of sp³-hybridized carbons (Fsp3) is 0.650. The molecule has 1 aromatic heterocycles. The number of piperidine rings is 3. The molecule has 138 valence electrons. The first-order valence-corrected chi connectivity index (χ1v) is 10.5. The molecule has 4 nitrogen and oxygen atoms in total. The zero-order valence-electron chi connectivity index (χ0n) is 15.4. The Hall–Kier alpha value is -1.33. The van der Waals surface area contributed by atoms with Crippen molar-refractivity contribution in [2.75, 3.05) is 32.7 Å². The number of amides is 1. The molecule has 3 fully saturated rings. The number of nitrogens with zero attached hydrogens (tertiary/aromatic N) is 2.